The van der Waals surface area contributed by atoms with Crippen molar-refractivity contribution in [2.24, 2.45) is 5.73 Å². The summed E-state index contributed by atoms with van der Waals surface area (Å²) in [5, 5.41) is 3.01. The number of nitrogens with zero attached hydrogens (tertiary/aromatic N) is 1. The van der Waals surface area contributed by atoms with Crippen LogP contribution in [0.1, 0.15) is 18.5 Å². The first-order valence-electron chi connectivity index (χ1n) is 8.06. The van der Waals surface area contributed by atoms with Crippen molar-refractivity contribution in [3.05, 3.63) is 64.9 Å². The molecule has 9 heteroatoms. The molecule has 0 aromatic heterocycles. The molecule has 2 aliphatic heterocycles. The molecule has 0 fully saturated rings. The molecule has 0 radical (unpaired) electrons. The van der Waals surface area contributed by atoms with Gasteiger partial charge in [0.15, 0.2) is 6.61 Å². The molecule has 1 aromatic carbocycles. The quantitative estimate of drug-likeness (QED) is 0.785. The Kier molecular flexibility index (Phi) is 4.86. The van der Waals surface area contributed by atoms with Crippen LogP contribution >= 0.6 is 0 Å². The third kappa shape index (κ3) is 3.76. The van der Waals surface area contributed by atoms with Gasteiger partial charge in [0, 0.05) is 29.1 Å². The Hall–Kier alpha value is -2.97. The predicted octanol–water partition coefficient (Wildman–Crippen LogP) is 2.88. The molecule has 0 aliphatic carbocycles. The monoisotopic (exact) mass is 383 g/mol. The van der Waals surface area contributed by atoms with E-state index in [2.05, 4.69) is 5.32 Å². The fourth-order valence-electron chi connectivity index (χ4n) is 3.05. The van der Waals surface area contributed by atoms with Crippen LogP contribution in [0.4, 0.5) is 17.6 Å². The fraction of sp³-hybridized carbons (Fsp3) is 0.278. The summed E-state index contributed by atoms with van der Waals surface area (Å²) in [7, 11) is 0. The molecule has 5 nitrogen and oxygen atoms in total. The molecule has 2 heterocycles. The third-order valence-electron chi connectivity index (χ3n) is 4.36. The number of carbonyl (C=O) groups is 1. The summed E-state index contributed by atoms with van der Waals surface area (Å²) in [5.41, 5.74) is 7.42. The molecule has 27 heavy (non-hydrogen) atoms. The van der Waals surface area contributed by atoms with Gasteiger partial charge in [0.1, 0.15) is 11.6 Å². The van der Waals surface area contributed by atoms with Crippen LogP contribution in [0.5, 0.6) is 5.75 Å². The first kappa shape index (κ1) is 18.8. The molecule has 3 rings (SSSR count). The minimum atomic E-state index is -4.56. The number of nitrogens with two attached hydrogens (primary N) is 1. The van der Waals surface area contributed by atoms with Crippen LogP contribution in [-0.2, 0) is 4.79 Å². The van der Waals surface area contributed by atoms with E-state index in [0.29, 0.717) is 22.4 Å². The van der Waals surface area contributed by atoms with Gasteiger partial charge in [-0.1, -0.05) is 6.07 Å². The van der Waals surface area contributed by atoms with Crippen molar-refractivity contribution >= 4 is 5.91 Å². The van der Waals surface area contributed by atoms with Gasteiger partial charge in [-0.15, -0.1) is 0 Å². The van der Waals surface area contributed by atoms with Gasteiger partial charge in [-0.3, -0.25) is 4.79 Å². The molecule has 1 atom stereocenters. The zero-order chi connectivity index (χ0) is 19.8. The number of ether oxygens (including phenoxy) is 1. The van der Waals surface area contributed by atoms with E-state index in [-0.39, 0.29) is 18.2 Å². The second-order valence-electron chi connectivity index (χ2n) is 6.16. The van der Waals surface area contributed by atoms with Crippen molar-refractivity contribution in [1.29, 1.82) is 0 Å². The van der Waals surface area contributed by atoms with Gasteiger partial charge < -0.3 is 20.7 Å². The number of hydrogen-bond donors (Lipinski definition) is 2. The van der Waals surface area contributed by atoms with Gasteiger partial charge in [-0.05, 0) is 30.8 Å². The third-order valence-corrected chi connectivity index (χ3v) is 4.36. The number of carbonyl (C=O) groups excluding carboxylic acids is 1. The number of benzene rings is 1. The van der Waals surface area contributed by atoms with Gasteiger partial charge in [0.25, 0.3) is 5.91 Å². The zero-order valence-corrected chi connectivity index (χ0v) is 14.3. The Labute approximate surface area is 152 Å². The standard InChI is InChI=1S/C18H17F4N3O2/c1-10(7-23)25-8-14-12(17(25)26)4-5-24-16(14)13-3-2-11(19)6-15(13)27-9-18(20,21)22/h2-7,16,24H,8-9,23H2,1H3/b10-7+. The SMILES string of the molecule is C/C(=C\N)N1CC2=C(C=CNC2c2ccc(F)cc2OCC(F)(F)F)C1=O. The number of halogens is 4. The van der Waals surface area contributed by atoms with Crippen LogP contribution in [-0.4, -0.2) is 30.1 Å². The van der Waals surface area contributed by atoms with E-state index in [9.17, 15) is 22.4 Å². The summed E-state index contributed by atoms with van der Waals surface area (Å²) in [4.78, 5) is 14.0. The molecule has 0 spiro atoms. The first-order valence-corrected chi connectivity index (χ1v) is 8.06. The highest BCUT2D eigenvalue weighted by Crippen LogP contribution is 2.39. The second kappa shape index (κ2) is 6.98. The molecule has 0 saturated heterocycles. The molecule has 2 aliphatic rings. The smallest absolute Gasteiger partial charge is 0.422 e. The van der Waals surface area contributed by atoms with Crippen LogP contribution in [0.2, 0.25) is 0 Å². The normalized spacial score (nSPS) is 20.0. The molecular weight excluding hydrogens is 366 g/mol. The maximum Gasteiger partial charge on any atom is 0.422 e. The number of amides is 1. The summed E-state index contributed by atoms with van der Waals surface area (Å²) in [6, 6.07) is 2.76. The number of hydrogen-bond acceptors (Lipinski definition) is 4. The van der Waals surface area contributed by atoms with Crippen molar-refractivity contribution < 1.29 is 27.1 Å². The van der Waals surface area contributed by atoms with Crippen molar-refractivity contribution in [2.75, 3.05) is 13.2 Å². The maximum absolute atomic E-state index is 13.6. The Balaban J connectivity index is 1.96. The molecule has 144 valence electrons. The largest absolute Gasteiger partial charge is 0.484 e. The summed E-state index contributed by atoms with van der Waals surface area (Å²) < 4.78 is 56.0. The molecule has 3 N–H and O–H groups in total. The van der Waals surface area contributed by atoms with E-state index >= 15 is 0 Å². The predicted molar refractivity (Wildman–Crippen MR) is 89.7 cm³/mol. The average Bonchev–Trinajstić information content (AvgIpc) is 2.96. The Morgan fingerprint density at radius 3 is 2.85 bits per heavy atom. The van der Waals surface area contributed by atoms with Crippen LogP contribution in [0.3, 0.4) is 0 Å². The highest BCUT2D eigenvalue weighted by atomic mass is 19.4. The highest BCUT2D eigenvalue weighted by molar-refractivity contribution is 6.01. The van der Waals surface area contributed by atoms with Gasteiger partial charge >= 0.3 is 6.18 Å². The number of dihydropyridines is 1. The van der Waals surface area contributed by atoms with E-state index < -0.39 is 24.6 Å². The molecule has 1 unspecified atom stereocenters. The maximum atomic E-state index is 13.6. The van der Waals surface area contributed by atoms with E-state index in [0.717, 1.165) is 12.1 Å². The summed E-state index contributed by atoms with van der Waals surface area (Å²) in [6.45, 7) is 0.349. The molecule has 1 aromatic rings. The average molecular weight is 383 g/mol. The second-order valence-corrected chi connectivity index (χ2v) is 6.16. The molecular formula is C18H17F4N3O2. The van der Waals surface area contributed by atoms with Gasteiger partial charge in [0.05, 0.1) is 12.6 Å². The van der Waals surface area contributed by atoms with E-state index in [1.54, 1.807) is 13.0 Å². The molecule has 0 bridgehead atoms. The van der Waals surface area contributed by atoms with Gasteiger partial charge in [0.2, 0.25) is 0 Å². The summed E-state index contributed by atoms with van der Waals surface area (Å²) in [6.07, 6.45) is -0.129. The molecule has 1 amide bonds. The molecule has 0 saturated carbocycles. The lowest BCUT2D eigenvalue weighted by molar-refractivity contribution is -0.153. The van der Waals surface area contributed by atoms with Gasteiger partial charge in [-0.2, -0.15) is 13.2 Å². The van der Waals surface area contributed by atoms with Crippen LogP contribution in [0, 0.1) is 5.82 Å². The van der Waals surface area contributed by atoms with E-state index in [4.69, 9.17) is 10.5 Å². The summed E-state index contributed by atoms with van der Waals surface area (Å²) in [5.74, 6) is -1.21. The zero-order valence-electron chi connectivity index (χ0n) is 14.3. The van der Waals surface area contributed by atoms with Crippen molar-refractivity contribution in [3.8, 4) is 5.75 Å². The number of rotatable bonds is 4. The highest BCUT2D eigenvalue weighted by Gasteiger charge is 2.37. The van der Waals surface area contributed by atoms with E-state index in [1.165, 1.54) is 23.4 Å². The van der Waals surface area contributed by atoms with Crippen molar-refractivity contribution in [2.45, 2.75) is 19.1 Å². The number of alkyl halides is 3. The first-order chi connectivity index (χ1) is 12.7. The van der Waals surface area contributed by atoms with Crippen LogP contribution in [0.15, 0.2) is 53.5 Å². The number of nitrogens with one attached hydrogen (secondary N) is 1. The van der Waals surface area contributed by atoms with Crippen molar-refractivity contribution in [1.82, 2.24) is 10.2 Å². The lowest BCUT2D eigenvalue weighted by Crippen LogP contribution is -2.27. The van der Waals surface area contributed by atoms with Crippen LogP contribution < -0.4 is 15.8 Å². The Morgan fingerprint density at radius 1 is 1.44 bits per heavy atom. The van der Waals surface area contributed by atoms with Gasteiger partial charge in [-0.25, -0.2) is 4.39 Å². The fourth-order valence-corrected chi connectivity index (χ4v) is 3.05. The topological polar surface area (TPSA) is 67.6 Å². The minimum Gasteiger partial charge on any atom is -0.484 e. The summed E-state index contributed by atoms with van der Waals surface area (Å²) >= 11 is 0. The lowest BCUT2D eigenvalue weighted by Gasteiger charge is -2.25. The minimum absolute atomic E-state index is 0.214. The van der Waals surface area contributed by atoms with Crippen LogP contribution in [0.25, 0.3) is 0 Å². The van der Waals surface area contributed by atoms with Crippen molar-refractivity contribution in [3.63, 3.8) is 0 Å². The van der Waals surface area contributed by atoms with E-state index in [1.807, 2.05) is 0 Å². The Morgan fingerprint density at radius 2 is 2.19 bits per heavy atom. The lowest BCUT2D eigenvalue weighted by atomic mass is 9.93. The number of allylic oxidation sites excluding steroid dienone is 1. The Bertz CT molecular complexity index is 859.